The van der Waals surface area contributed by atoms with Gasteiger partial charge in [-0.1, -0.05) is 45.0 Å². The fraction of sp³-hybridized carbons (Fsp3) is 0.739. The second kappa shape index (κ2) is 5.87. The van der Waals surface area contributed by atoms with E-state index in [4.69, 9.17) is 0 Å². The molecule has 4 saturated carbocycles. The molecule has 0 radical (unpaired) electrons. The summed E-state index contributed by atoms with van der Waals surface area (Å²) >= 11 is 0. The van der Waals surface area contributed by atoms with E-state index < -0.39 is 5.60 Å². The van der Waals surface area contributed by atoms with E-state index in [9.17, 15) is 5.11 Å². The molecule has 4 bridgehead atoms. The monoisotopic (exact) mass is 326 g/mol. The highest BCUT2D eigenvalue weighted by atomic mass is 16.3. The lowest BCUT2D eigenvalue weighted by Crippen LogP contribution is -2.56. The second-order valence-electron chi connectivity index (χ2n) is 9.34. The lowest BCUT2D eigenvalue weighted by atomic mass is 9.44. The first-order valence-electron chi connectivity index (χ1n) is 10.3. The Morgan fingerprint density at radius 1 is 1.00 bits per heavy atom. The van der Waals surface area contributed by atoms with Gasteiger partial charge in [0.1, 0.15) is 0 Å². The van der Waals surface area contributed by atoms with Gasteiger partial charge >= 0.3 is 0 Å². The SMILES string of the molecule is CCC(C)c1ccc(C(O)(CC)C23CC4CC(CC(C4)C2)C3)cc1. The number of aliphatic hydroxyl groups is 1. The molecule has 1 nitrogen and oxygen atoms in total. The number of rotatable bonds is 5. The summed E-state index contributed by atoms with van der Waals surface area (Å²) in [5, 5.41) is 11.9. The number of benzene rings is 1. The third-order valence-corrected chi connectivity index (χ3v) is 8.00. The van der Waals surface area contributed by atoms with E-state index in [0.29, 0.717) is 5.92 Å². The van der Waals surface area contributed by atoms with Crippen LogP contribution in [0.2, 0.25) is 0 Å². The Kier molecular flexibility index (Phi) is 4.07. The zero-order valence-corrected chi connectivity index (χ0v) is 15.7. The summed E-state index contributed by atoms with van der Waals surface area (Å²) in [5.41, 5.74) is 2.11. The molecular weight excluding hydrogens is 292 g/mol. The summed E-state index contributed by atoms with van der Waals surface area (Å²) in [4.78, 5) is 0. The Morgan fingerprint density at radius 2 is 1.50 bits per heavy atom. The quantitative estimate of drug-likeness (QED) is 0.702. The molecule has 4 aliphatic rings. The van der Waals surface area contributed by atoms with Crippen LogP contribution in [0.15, 0.2) is 24.3 Å². The molecular formula is C23H34O. The minimum atomic E-state index is -0.628. The van der Waals surface area contributed by atoms with Crippen LogP contribution in [0.4, 0.5) is 0 Å². The Hall–Kier alpha value is -0.820. The van der Waals surface area contributed by atoms with Gasteiger partial charge in [-0.05, 0) is 86.2 Å². The lowest BCUT2D eigenvalue weighted by molar-refractivity contribution is -0.186. The van der Waals surface area contributed by atoms with Crippen LogP contribution in [-0.2, 0) is 5.60 Å². The zero-order valence-electron chi connectivity index (χ0n) is 15.7. The molecule has 0 aromatic heterocycles. The van der Waals surface area contributed by atoms with Gasteiger partial charge in [0.05, 0.1) is 5.60 Å². The summed E-state index contributed by atoms with van der Waals surface area (Å²) in [7, 11) is 0. The minimum Gasteiger partial charge on any atom is -0.385 e. The predicted octanol–water partition coefficient (Wildman–Crippen LogP) is 6.01. The van der Waals surface area contributed by atoms with Gasteiger partial charge in [-0.15, -0.1) is 0 Å². The van der Waals surface area contributed by atoms with Gasteiger partial charge < -0.3 is 5.11 Å². The summed E-state index contributed by atoms with van der Waals surface area (Å²) in [6, 6.07) is 9.02. The second-order valence-corrected chi connectivity index (χ2v) is 9.34. The third-order valence-electron chi connectivity index (χ3n) is 8.00. The van der Waals surface area contributed by atoms with Crippen molar-refractivity contribution in [3.8, 4) is 0 Å². The molecule has 5 rings (SSSR count). The van der Waals surface area contributed by atoms with Gasteiger partial charge in [-0.2, -0.15) is 0 Å². The van der Waals surface area contributed by atoms with Gasteiger partial charge in [-0.3, -0.25) is 0 Å². The van der Waals surface area contributed by atoms with Crippen LogP contribution in [0.5, 0.6) is 0 Å². The molecule has 1 heteroatoms. The molecule has 2 atom stereocenters. The van der Waals surface area contributed by atoms with Crippen LogP contribution in [0.3, 0.4) is 0 Å². The summed E-state index contributed by atoms with van der Waals surface area (Å²) in [5.74, 6) is 3.25. The molecule has 0 saturated heterocycles. The molecule has 0 heterocycles. The minimum absolute atomic E-state index is 0.147. The van der Waals surface area contributed by atoms with Crippen molar-refractivity contribution in [1.29, 1.82) is 0 Å². The van der Waals surface area contributed by atoms with E-state index in [1.165, 1.54) is 56.1 Å². The summed E-state index contributed by atoms with van der Waals surface area (Å²) in [6.45, 7) is 6.73. The van der Waals surface area contributed by atoms with Gasteiger partial charge in [-0.25, -0.2) is 0 Å². The molecule has 0 spiro atoms. The Balaban J connectivity index is 1.68. The first-order chi connectivity index (χ1) is 11.5. The van der Waals surface area contributed by atoms with Gasteiger partial charge in [0, 0.05) is 5.41 Å². The van der Waals surface area contributed by atoms with Crippen molar-refractivity contribution in [2.45, 2.75) is 83.7 Å². The fourth-order valence-electron chi connectivity index (χ4n) is 6.83. The van der Waals surface area contributed by atoms with Crippen LogP contribution in [-0.4, -0.2) is 5.11 Å². The normalized spacial score (nSPS) is 38.1. The molecule has 1 aromatic rings. The van der Waals surface area contributed by atoms with Crippen molar-refractivity contribution in [1.82, 2.24) is 0 Å². The van der Waals surface area contributed by atoms with Crippen molar-refractivity contribution in [3.63, 3.8) is 0 Å². The van der Waals surface area contributed by atoms with E-state index >= 15 is 0 Å². The lowest BCUT2D eigenvalue weighted by Gasteiger charge is -2.62. The zero-order chi connectivity index (χ0) is 16.9. The average molecular weight is 327 g/mol. The highest BCUT2D eigenvalue weighted by Gasteiger charge is 2.59. The maximum Gasteiger partial charge on any atom is 0.0950 e. The van der Waals surface area contributed by atoms with E-state index in [1.54, 1.807) is 0 Å². The topological polar surface area (TPSA) is 20.2 Å². The molecule has 1 N–H and O–H groups in total. The van der Waals surface area contributed by atoms with Gasteiger partial charge in [0.25, 0.3) is 0 Å². The molecule has 0 amide bonds. The Morgan fingerprint density at radius 3 is 1.92 bits per heavy atom. The van der Waals surface area contributed by atoms with E-state index in [-0.39, 0.29) is 5.41 Å². The molecule has 4 aliphatic carbocycles. The van der Waals surface area contributed by atoms with Crippen LogP contribution in [0.25, 0.3) is 0 Å². The van der Waals surface area contributed by atoms with Crippen molar-refractivity contribution >= 4 is 0 Å². The molecule has 24 heavy (non-hydrogen) atoms. The average Bonchev–Trinajstić information content (AvgIpc) is 2.59. The molecule has 132 valence electrons. The summed E-state index contributed by atoms with van der Waals surface area (Å²) in [6.07, 6.45) is 10.1. The standard InChI is InChI=1S/C23H34O/c1-4-16(3)20-6-8-21(9-7-20)23(24,5-2)22-13-17-10-18(14-22)12-19(11-17)15-22/h6-9,16-19,24H,4-5,10-15H2,1-3H3. The highest BCUT2D eigenvalue weighted by Crippen LogP contribution is 2.66. The predicted molar refractivity (Wildman–Crippen MR) is 99.9 cm³/mol. The molecule has 0 aliphatic heterocycles. The van der Waals surface area contributed by atoms with Crippen molar-refractivity contribution in [2.24, 2.45) is 23.2 Å². The van der Waals surface area contributed by atoms with Gasteiger partial charge in [0.15, 0.2) is 0 Å². The van der Waals surface area contributed by atoms with Crippen LogP contribution in [0.1, 0.15) is 89.2 Å². The Bertz CT molecular complexity index is 551. The smallest absolute Gasteiger partial charge is 0.0950 e. The van der Waals surface area contributed by atoms with E-state index in [0.717, 1.165) is 24.2 Å². The van der Waals surface area contributed by atoms with Crippen molar-refractivity contribution in [2.75, 3.05) is 0 Å². The van der Waals surface area contributed by atoms with Crippen LogP contribution < -0.4 is 0 Å². The van der Waals surface area contributed by atoms with Crippen LogP contribution >= 0.6 is 0 Å². The maximum absolute atomic E-state index is 11.9. The maximum atomic E-state index is 11.9. The number of hydrogen-bond donors (Lipinski definition) is 1. The van der Waals surface area contributed by atoms with Crippen molar-refractivity contribution < 1.29 is 5.11 Å². The van der Waals surface area contributed by atoms with Crippen molar-refractivity contribution in [3.05, 3.63) is 35.4 Å². The first-order valence-corrected chi connectivity index (χ1v) is 10.3. The summed E-state index contributed by atoms with van der Waals surface area (Å²) < 4.78 is 0. The first kappa shape index (κ1) is 16.6. The Labute approximate surface area is 147 Å². The molecule has 2 unspecified atom stereocenters. The van der Waals surface area contributed by atoms with E-state index in [1.807, 2.05) is 0 Å². The number of hydrogen-bond acceptors (Lipinski definition) is 1. The molecule has 1 aromatic carbocycles. The van der Waals surface area contributed by atoms with Crippen LogP contribution in [0, 0.1) is 23.2 Å². The van der Waals surface area contributed by atoms with Gasteiger partial charge in [0.2, 0.25) is 0 Å². The van der Waals surface area contributed by atoms with E-state index in [2.05, 4.69) is 45.0 Å². The highest BCUT2D eigenvalue weighted by molar-refractivity contribution is 5.32. The fourth-order valence-corrected chi connectivity index (χ4v) is 6.83. The molecule has 4 fully saturated rings. The largest absolute Gasteiger partial charge is 0.385 e. The third kappa shape index (κ3) is 2.38.